The Morgan fingerprint density at radius 1 is 1.50 bits per heavy atom. The Kier molecular flexibility index (Phi) is 3.96. The van der Waals surface area contributed by atoms with Gasteiger partial charge < -0.3 is 0 Å². The summed E-state index contributed by atoms with van der Waals surface area (Å²) >= 11 is 7.37. The van der Waals surface area contributed by atoms with Crippen LogP contribution >= 0.6 is 22.9 Å². The lowest BCUT2D eigenvalue weighted by Gasteiger charge is -2.26. The summed E-state index contributed by atoms with van der Waals surface area (Å²) in [6.07, 6.45) is 4.20. The minimum atomic E-state index is 0.397. The third kappa shape index (κ3) is 3.58. The van der Waals surface area contributed by atoms with Crippen molar-refractivity contribution in [3.63, 3.8) is 0 Å². The van der Waals surface area contributed by atoms with Crippen LogP contribution in [-0.2, 0) is 6.42 Å². The Morgan fingerprint density at radius 3 is 2.57 bits per heavy atom. The van der Waals surface area contributed by atoms with Crippen LogP contribution in [0.15, 0.2) is 6.20 Å². The van der Waals surface area contributed by atoms with E-state index in [0.717, 1.165) is 12.3 Å². The van der Waals surface area contributed by atoms with E-state index in [1.807, 2.05) is 6.20 Å². The first kappa shape index (κ1) is 12.0. The lowest BCUT2D eigenvalue weighted by Crippen LogP contribution is -2.17. The second kappa shape index (κ2) is 4.63. The van der Waals surface area contributed by atoms with Gasteiger partial charge in [0.2, 0.25) is 0 Å². The van der Waals surface area contributed by atoms with Gasteiger partial charge in [-0.25, -0.2) is 4.98 Å². The highest BCUT2D eigenvalue weighted by atomic mass is 35.5. The average Bonchev–Trinajstić information content (AvgIpc) is 2.45. The van der Waals surface area contributed by atoms with E-state index >= 15 is 0 Å². The van der Waals surface area contributed by atoms with Crippen molar-refractivity contribution in [1.82, 2.24) is 4.98 Å². The monoisotopic (exact) mass is 231 g/mol. The predicted molar refractivity (Wildman–Crippen MR) is 64.1 cm³/mol. The zero-order chi connectivity index (χ0) is 10.8. The maximum absolute atomic E-state index is 5.77. The number of rotatable bonds is 3. The van der Waals surface area contributed by atoms with Crippen molar-refractivity contribution in [2.45, 2.75) is 40.5 Å². The van der Waals surface area contributed by atoms with Crippen LogP contribution in [0.3, 0.4) is 0 Å². The van der Waals surface area contributed by atoms with Crippen LogP contribution < -0.4 is 0 Å². The molecule has 1 atom stereocenters. The predicted octanol–water partition coefficient (Wildman–Crippen LogP) is 4.41. The molecule has 0 bridgehead atoms. The summed E-state index contributed by atoms with van der Waals surface area (Å²) in [5.74, 6) is 0.725. The van der Waals surface area contributed by atoms with E-state index in [1.165, 1.54) is 11.3 Å². The number of halogens is 1. The van der Waals surface area contributed by atoms with Crippen LogP contribution in [0, 0.1) is 11.3 Å². The summed E-state index contributed by atoms with van der Waals surface area (Å²) in [6.45, 7) is 9.18. The Balaban J connectivity index is 2.41. The van der Waals surface area contributed by atoms with Gasteiger partial charge in [0.25, 0.3) is 0 Å². The number of nitrogens with zero attached hydrogens (tertiary/aromatic N) is 1. The van der Waals surface area contributed by atoms with Crippen LogP contribution in [0.25, 0.3) is 0 Å². The van der Waals surface area contributed by atoms with Crippen molar-refractivity contribution in [1.29, 1.82) is 0 Å². The van der Waals surface area contributed by atoms with E-state index in [4.69, 9.17) is 11.6 Å². The van der Waals surface area contributed by atoms with Gasteiger partial charge in [-0.2, -0.15) is 0 Å². The molecule has 0 saturated heterocycles. The highest BCUT2D eigenvalue weighted by molar-refractivity contribution is 7.15. The molecule has 80 valence electrons. The van der Waals surface area contributed by atoms with E-state index in [0.29, 0.717) is 9.88 Å². The molecule has 0 spiro atoms. The van der Waals surface area contributed by atoms with Gasteiger partial charge >= 0.3 is 0 Å². The van der Waals surface area contributed by atoms with Gasteiger partial charge in [-0.1, -0.05) is 39.3 Å². The number of hydrogen-bond acceptors (Lipinski definition) is 2. The van der Waals surface area contributed by atoms with Crippen molar-refractivity contribution in [3.8, 4) is 0 Å². The molecule has 1 nitrogen and oxygen atoms in total. The average molecular weight is 232 g/mol. The third-order valence-corrected chi connectivity index (χ3v) is 4.00. The highest BCUT2D eigenvalue weighted by Gasteiger charge is 2.19. The SMILES string of the molecule is CC(CCc1cnc(Cl)s1)C(C)(C)C. The first-order chi connectivity index (χ1) is 6.39. The first-order valence-electron chi connectivity index (χ1n) is 5.00. The fourth-order valence-electron chi connectivity index (χ4n) is 1.19. The van der Waals surface area contributed by atoms with Gasteiger partial charge in [0.15, 0.2) is 4.47 Å². The Morgan fingerprint density at radius 2 is 2.14 bits per heavy atom. The van der Waals surface area contributed by atoms with Gasteiger partial charge in [-0.3, -0.25) is 0 Å². The molecule has 0 N–H and O–H groups in total. The summed E-state index contributed by atoms with van der Waals surface area (Å²) in [6, 6.07) is 0. The molecule has 0 fully saturated rings. The fourth-order valence-corrected chi connectivity index (χ4v) is 2.18. The molecule has 0 saturated carbocycles. The molecule has 0 amide bonds. The molecule has 0 aliphatic carbocycles. The second-order valence-corrected chi connectivity index (χ2v) is 6.58. The number of aromatic nitrogens is 1. The lowest BCUT2D eigenvalue weighted by atomic mass is 9.79. The summed E-state index contributed by atoms with van der Waals surface area (Å²) in [7, 11) is 0. The molecule has 1 heterocycles. The number of hydrogen-bond donors (Lipinski definition) is 0. The zero-order valence-corrected chi connectivity index (χ0v) is 10.9. The Hall–Kier alpha value is -0.0800. The van der Waals surface area contributed by atoms with Gasteiger partial charge in [-0.15, -0.1) is 11.3 Å². The van der Waals surface area contributed by atoms with E-state index in [1.54, 1.807) is 11.3 Å². The minimum absolute atomic E-state index is 0.397. The maximum atomic E-state index is 5.77. The third-order valence-electron chi connectivity index (χ3n) is 2.83. The van der Waals surface area contributed by atoms with Crippen LogP contribution in [0.1, 0.15) is 39.0 Å². The van der Waals surface area contributed by atoms with Crippen LogP contribution in [0.4, 0.5) is 0 Å². The Labute approximate surface area is 95.5 Å². The van der Waals surface area contributed by atoms with Crippen molar-refractivity contribution in [2.24, 2.45) is 11.3 Å². The van der Waals surface area contributed by atoms with Gasteiger partial charge in [0, 0.05) is 11.1 Å². The molecule has 1 rings (SSSR count). The molecule has 1 aromatic rings. The number of thiazole rings is 1. The first-order valence-corrected chi connectivity index (χ1v) is 6.19. The zero-order valence-electron chi connectivity index (χ0n) is 9.30. The van der Waals surface area contributed by atoms with Crippen molar-refractivity contribution in [2.75, 3.05) is 0 Å². The second-order valence-electron chi connectivity index (χ2n) is 4.89. The molecule has 0 aromatic carbocycles. The lowest BCUT2D eigenvalue weighted by molar-refractivity contribution is 0.247. The van der Waals surface area contributed by atoms with Crippen LogP contribution in [0.2, 0.25) is 4.47 Å². The molecule has 0 aliphatic heterocycles. The van der Waals surface area contributed by atoms with Gasteiger partial charge in [-0.05, 0) is 24.2 Å². The number of aryl methyl sites for hydroxylation is 1. The quantitative estimate of drug-likeness (QED) is 0.751. The summed E-state index contributed by atoms with van der Waals surface area (Å²) in [5.41, 5.74) is 0.397. The molecule has 14 heavy (non-hydrogen) atoms. The normalized spacial score (nSPS) is 14.4. The molecule has 0 aliphatic rings. The molecular formula is C11H18ClNS. The molecule has 1 aromatic heterocycles. The summed E-state index contributed by atoms with van der Waals surface area (Å²) in [5, 5.41) is 0. The van der Waals surface area contributed by atoms with E-state index in [2.05, 4.69) is 32.7 Å². The summed E-state index contributed by atoms with van der Waals surface area (Å²) in [4.78, 5) is 5.34. The molecular weight excluding hydrogens is 214 g/mol. The van der Waals surface area contributed by atoms with E-state index in [9.17, 15) is 0 Å². The van der Waals surface area contributed by atoms with Gasteiger partial charge in [0.05, 0.1) is 0 Å². The van der Waals surface area contributed by atoms with E-state index < -0.39 is 0 Å². The standard InChI is InChI=1S/C11H18ClNS/c1-8(11(2,3)4)5-6-9-7-13-10(12)14-9/h7-8H,5-6H2,1-4H3. The van der Waals surface area contributed by atoms with E-state index in [-0.39, 0.29) is 0 Å². The largest absolute Gasteiger partial charge is 0.233 e. The minimum Gasteiger partial charge on any atom is -0.233 e. The van der Waals surface area contributed by atoms with Crippen LogP contribution in [-0.4, -0.2) is 4.98 Å². The van der Waals surface area contributed by atoms with Crippen molar-refractivity contribution in [3.05, 3.63) is 15.5 Å². The topological polar surface area (TPSA) is 12.9 Å². The fraction of sp³-hybridized carbons (Fsp3) is 0.727. The highest BCUT2D eigenvalue weighted by Crippen LogP contribution is 2.30. The molecule has 0 radical (unpaired) electrons. The maximum Gasteiger partial charge on any atom is 0.183 e. The smallest absolute Gasteiger partial charge is 0.183 e. The van der Waals surface area contributed by atoms with Crippen molar-refractivity contribution >= 4 is 22.9 Å². The molecule has 1 unspecified atom stereocenters. The molecule has 3 heteroatoms. The van der Waals surface area contributed by atoms with Gasteiger partial charge in [0.1, 0.15) is 0 Å². The van der Waals surface area contributed by atoms with Crippen molar-refractivity contribution < 1.29 is 0 Å². The Bertz CT molecular complexity index is 288. The summed E-state index contributed by atoms with van der Waals surface area (Å²) < 4.78 is 0.656. The van der Waals surface area contributed by atoms with Crippen LogP contribution in [0.5, 0.6) is 0 Å².